The Labute approximate surface area is 79.0 Å². The molecule has 0 nitrogen and oxygen atoms in total. The summed E-state index contributed by atoms with van der Waals surface area (Å²) in [6.07, 6.45) is 6.18. The molecule has 10 heavy (non-hydrogen) atoms. The quantitative estimate of drug-likeness (QED) is 0.543. The van der Waals surface area contributed by atoms with Crippen molar-refractivity contribution in [2.24, 2.45) is 0 Å². The van der Waals surface area contributed by atoms with Gasteiger partial charge in [0.05, 0.1) is 0 Å². The Hall–Kier alpha value is -0.0917. The van der Waals surface area contributed by atoms with E-state index in [4.69, 9.17) is 0 Å². The molecular weight excluding hydrogens is 292 g/mol. The first-order valence-corrected chi connectivity index (χ1v) is 3.13. The third kappa shape index (κ3) is 24.7. The van der Waals surface area contributed by atoms with Crippen LogP contribution in [0, 0.1) is 6.08 Å². The van der Waals surface area contributed by atoms with E-state index in [1.54, 1.807) is 12.2 Å². The summed E-state index contributed by atoms with van der Waals surface area (Å²) in [6.45, 7) is 13.0. The third-order valence-electron chi connectivity index (χ3n) is 0.448. The summed E-state index contributed by atoms with van der Waals surface area (Å²) in [5.41, 5.74) is 1.000. The molecule has 0 aliphatic heterocycles. The Morgan fingerprint density at radius 2 is 1.80 bits per heavy atom. The van der Waals surface area contributed by atoms with Crippen LogP contribution in [0.3, 0.4) is 0 Å². The maximum absolute atomic E-state index is 3.63. The fraction of sp³-hybridized carbons (Fsp3) is 0.333. The summed E-state index contributed by atoms with van der Waals surface area (Å²) in [4.78, 5) is 0. The van der Waals surface area contributed by atoms with E-state index in [1.807, 2.05) is 20.8 Å². The molecule has 0 amide bonds. The van der Waals surface area contributed by atoms with Crippen molar-refractivity contribution in [3.63, 3.8) is 0 Å². The zero-order chi connectivity index (χ0) is 7.70. The normalized spacial score (nSPS) is 7.10. The summed E-state index contributed by atoms with van der Waals surface area (Å²) < 4.78 is 0. The van der Waals surface area contributed by atoms with Gasteiger partial charge in [0.25, 0.3) is 0 Å². The third-order valence-corrected chi connectivity index (χ3v) is 0.448. The van der Waals surface area contributed by atoms with Gasteiger partial charge in [-0.05, 0) is 0 Å². The molecule has 0 atom stereocenters. The minimum Gasteiger partial charge on any atom is -0.194 e. The maximum Gasteiger partial charge on any atom is 0 e. The van der Waals surface area contributed by atoms with Gasteiger partial charge in [-0.2, -0.15) is 37.0 Å². The van der Waals surface area contributed by atoms with Gasteiger partial charge in [-0.25, -0.2) is 0 Å². The van der Waals surface area contributed by atoms with Crippen LogP contribution >= 0.6 is 0 Å². The molecule has 0 aliphatic carbocycles. The Bertz CT molecular complexity index is 101. The van der Waals surface area contributed by atoms with E-state index in [0.29, 0.717) is 0 Å². The standard InChI is InChI=1S/C7H9.C2H6.W/c1-4-5-6-7(2)3;1-2;/h4,6H,1-2H2,3H3;1-2H3;/q-1;;. The minimum atomic E-state index is 0. The van der Waals surface area contributed by atoms with Crippen molar-refractivity contribution in [2.45, 2.75) is 20.8 Å². The van der Waals surface area contributed by atoms with Gasteiger partial charge in [-0.15, -0.1) is 0 Å². The molecule has 0 aromatic heterocycles. The first-order valence-electron chi connectivity index (χ1n) is 3.13. The fourth-order valence-electron chi connectivity index (χ4n) is 0.201. The molecule has 0 heterocycles. The Morgan fingerprint density at radius 1 is 1.40 bits per heavy atom. The van der Waals surface area contributed by atoms with Crippen molar-refractivity contribution in [1.29, 1.82) is 0 Å². The molecular formula is C9H15W-. The van der Waals surface area contributed by atoms with Crippen LogP contribution in [0.15, 0.2) is 30.9 Å². The molecule has 0 unspecified atom stereocenters. The average molecular weight is 307 g/mol. The molecule has 0 saturated heterocycles. The fourth-order valence-corrected chi connectivity index (χ4v) is 0.201. The first-order chi connectivity index (χ1) is 4.27. The van der Waals surface area contributed by atoms with Crippen molar-refractivity contribution >= 4 is 0 Å². The average Bonchev–Trinajstić information content (AvgIpc) is 1.88. The van der Waals surface area contributed by atoms with E-state index >= 15 is 0 Å². The maximum atomic E-state index is 3.63. The largest absolute Gasteiger partial charge is 0.194 e. The van der Waals surface area contributed by atoms with Gasteiger partial charge >= 0.3 is 0 Å². The molecule has 0 aliphatic rings. The molecule has 1 heteroatoms. The van der Waals surface area contributed by atoms with Crippen LogP contribution in [0.4, 0.5) is 0 Å². The molecule has 0 N–H and O–H groups in total. The van der Waals surface area contributed by atoms with Gasteiger partial charge in [0, 0.05) is 21.1 Å². The van der Waals surface area contributed by atoms with Gasteiger partial charge in [0.2, 0.25) is 0 Å². The number of hydrogen-bond acceptors (Lipinski definition) is 0. The summed E-state index contributed by atoms with van der Waals surface area (Å²) in [5.74, 6) is 0. The van der Waals surface area contributed by atoms with Crippen LogP contribution in [-0.4, -0.2) is 0 Å². The van der Waals surface area contributed by atoms with Crippen molar-refractivity contribution in [1.82, 2.24) is 0 Å². The van der Waals surface area contributed by atoms with Gasteiger partial charge in [0.1, 0.15) is 0 Å². The molecule has 0 spiro atoms. The molecule has 0 radical (unpaired) electrons. The van der Waals surface area contributed by atoms with Crippen LogP contribution < -0.4 is 0 Å². The Morgan fingerprint density at radius 3 is 1.90 bits per heavy atom. The molecule has 0 aromatic carbocycles. The molecule has 0 fully saturated rings. The van der Waals surface area contributed by atoms with Gasteiger partial charge in [-0.3, -0.25) is 0 Å². The van der Waals surface area contributed by atoms with E-state index in [2.05, 4.69) is 19.2 Å². The van der Waals surface area contributed by atoms with Crippen LogP contribution in [0.5, 0.6) is 0 Å². The summed E-state index contributed by atoms with van der Waals surface area (Å²) in [5, 5.41) is 0. The minimum absolute atomic E-state index is 0. The van der Waals surface area contributed by atoms with Crippen LogP contribution in [-0.2, 0) is 21.1 Å². The molecule has 0 bridgehead atoms. The van der Waals surface area contributed by atoms with Crippen molar-refractivity contribution in [2.75, 3.05) is 0 Å². The summed E-state index contributed by atoms with van der Waals surface area (Å²) in [7, 11) is 0. The van der Waals surface area contributed by atoms with Gasteiger partial charge < -0.3 is 0 Å². The van der Waals surface area contributed by atoms with Crippen molar-refractivity contribution in [3.05, 3.63) is 37.0 Å². The Balaban J connectivity index is -0.000000149. The van der Waals surface area contributed by atoms with E-state index in [9.17, 15) is 0 Å². The first kappa shape index (κ1) is 16.5. The van der Waals surface area contributed by atoms with Crippen LogP contribution in [0.2, 0.25) is 0 Å². The zero-order valence-electron chi connectivity index (χ0n) is 6.98. The predicted octanol–water partition coefficient (Wildman–Crippen LogP) is 3.13. The van der Waals surface area contributed by atoms with E-state index in [0.717, 1.165) is 5.57 Å². The molecule has 58 valence electrons. The van der Waals surface area contributed by atoms with Crippen LogP contribution in [0.1, 0.15) is 20.8 Å². The number of rotatable bonds is 2. The number of hydrogen-bond donors (Lipinski definition) is 0. The number of allylic oxidation sites excluding steroid dienone is 4. The van der Waals surface area contributed by atoms with Gasteiger partial charge in [0.15, 0.2) is 0 Å². The monoisotopic (exact) mass is 307 g/mol. The second-order valence-electron chi connectivity index (χ2n) is 1.36. The second-order valence-corrected chi connectivity index (χ2v) is 1.36. The van der Waals surface area contributed by atoms with Crippen molar-refractivity contribution < 1.29 is 21.1 Å². The second kappa shape index (κ2) is 16.0. The van der Waals surface area contributed by atoms with E-state index in [1.165, 1.54) is 0 Å². The topological polar surface area (TPSA) is 0 Å². The van der Waals surface area contributed by atoms with E-state index in [-0.39, 0.29) is 21.1 Å². The van der Waals surface area contributed by atoms with Gasteiger partial charge in [-0.1, -0.05) is 20.8 Å². The van der Waals surface area contributed by atoms with E-state index < -0.39 is 0 Å². The molecule has 0 aromatic rings. The summed E-state index contributed by atoms with van der Waals surface area (Å²) in [6, 6.07) is 0. The van der Waals surface area contributed by atoms with Crippen LogP contribution in [0.25, 0.3) is 0 Å². The van der Waals surface area contributed by atoms with Crippen molar-refractivity contribution in [3.8, 4) is 0 Å². The Kier molecular flexibility index (Phi) is 26.3. The molecule has 0 saturated carbocycles. The zero-order valence-corrected chi connectivity index (χ0v) is 9.91. The SMILES string of the molecule is C=C[C-]=CC(=C)C.CC.[W]. The predicted molar refractivity (Wildman–Crippen MR) is 44.2 cm³/mol. The smallest absolute Gasteiger partial charge is 0 e. The summed E-state index contributed by atoms with van der Waals surface area (Å²) >= 11 is 0. The molecule has 0 rings (SSSR count).